The second-order valence-corrected chi connectivity index (χ2v) is 4.94. The van der Waals surface area contributed by atoms with Crippen LogP contribution >= 0.6 is 27.3 Å². The van der Waals surface area contributed by atoms with Gasteiger partial charge in [0.1, 0.15) is 0 Å². The van der Waals surface area contributed by atoms with E-state index in [1.807, 2.05) is 29.6 Å². The van der Waals surface area contributed by atoms with Gasteiger partial charge in [0.15, 0.2) is 0 Å². The summed E-state index contributed by atoms with van der Waals surface area (Å²) >= 11 is 5.10. The molecular formula is C13H11BrO2S. The first-order valence-corrected chi connectivity index (χ1v) is 7.08. The van der Waals surface area contributed by atoms with Crippen molar-refractivity contribution in [3.8, 4) is 10.4 Å². The maximum absolute atomic E-state index is 11.7. The largest absolute Gasteiger partial charge is 0.465 e. The number of rotatable bonds is 3. The van der Waals surface area contributed by atoms with Gasteiger partial charge < -0.3 is 4.74 Å². The molecule has 2 rings (SSSR count). The first kappa shape index (κ1) is 12.3. The van der Waals surface area contributed by atoms with Gasteiger partial charge in [-0.15, -0.1) is 11.3 Å². The third-order valence-corrected chi connectivity index (χ3v) is 3.97. The number of methoxy groups -OCH3 is 1. The summed E-state index contributed by atoms with van der Waals surface area (Å²) in [4.78, 5) is 12.8. The van der Waals surface area contributed by atoms with E-state index in [1.165, 1.54) is 7.11 Å². The van der Waals surface area contributed by atoms with Crippen LogP contribution in [0.5, 0.6) is 0 Å². The summed E-state index contributed by atoms with van der Waals surface area (Å²) in [6, 6.07) is 9.75. The van der Waals surface area contributed by atoms with E-state index < -0.39 is 0 Å². The van der Waals surface area contributed by atoms with Crippen LogP contribution in [0.1, 0.15) is 15.9 Å². The van der Waals surface area contributed by atoms with E-state index in [1.54, 1.807) is 17.4 Å². The molecule has 0 spiro atoms. The Morgan fingerprint density at radius 3 is 2.76 bits per heavy atom. The predicted octanol–water partition coefficient (Wildman–Crippen LogP) is 4.10. The van der Waals surface area contributed by atoms with Gasteiger partial charge in [-0.3, -0.25) is 0 Å². The van der Waals surface area contributed by atoms with E-state index in [0.717, 1.165) is 16.0 Å². The minimum absolute atomic E-state index is 0.294. The van der Waals surface area contributed by atoms with E-state index in [0.29, 0.717) is 10.9 Å². The molecule has 1 aromatic carbocycles. The van der Waals surface area contributed by atoms with Crippen LogP contribution in [0.2, 0.25) is 0 Å². The summed E-state index contributed by atoms with van der Waals surface area (Å²) in [6.07, 6.45) is 0. The number of halogens is 1. The Hall–Kier alpha value is -1.13. The van der Waals surface area contributed by atoms with Crippen molar-refractivity contribution in [3.63, 3.8) is 0 Å². The minimum atomic E-state index is -0.294. The minimum Gasteiger partial charge on any atom is -0.465 e. The number of hydrogen-bond acceptors (Lipinski definition) is 3. The zero-order valence-electron chi connectivity index (χ0n) is 9.27. The van der Waals surface area contributed by atoms with E-state index >= 15 is 0 Å². The lowest BCUT2D eigenvalue weighted by Gasteiger charge is -2.10. The van der Waals surface area contributed by atoms with Crippen LogP contribution in [0.3, 0.4) is 0 Å². The zero-order chi connectivity index (χ0) is 12.3. The molecule has 0 atom stereocenters. The molecule has 1 heterocycles. The van der Waals surface area contributed by atoms with Crippen LogP contribution in [0.4, 0.5) is 0 Å². The van der Waals surface area contributed by atoms with Crippen molar-refractivity contribution in [1.82, 2.24) is 0 Å². The predicted molar refractivity (Wildman–Crippen MR) is 73.7 cm³/mol. The van der Waals surface area contributed by atoms with Crippen molar-refractivity contribution in [1.29, 1.82) is 0 Å². The summed E-state index contributed by atoms with van der Waals surface area (Å²) in [5, 5.41) is 2.66. The van der Waals surface area contributed by atoms with Gasteiger partial charge in [0, 0.05) is 10.2 Å². The highest BCUT2D eigenvalue weighted by Gasteiger charge is 2.15. The smallest absolute Gasteiger partial charge is 0.338 e. The van der Waals surface area contributed by atoms with Gasteiger partial charge in [-0.25, -0.2) is 4.79 Å². The first-order valence-electron chi connectivity index (χ1n) is 5.08. The Morgan fingerprint density at radius 1 is 1.35 bits per heavy atom. The molecule has 0 N–H and O–H groups in total. The fraction of sp³-hybridized carbons (Fsp3) is 0.154. The number of thiophene rings is 1. The quantitative estimate of drug-likeness (QED) is 0.630. The molecule has 2 aromatic rings. The van der Waals surface area contributed by atoms with Crippen molar-refractivity contribution in [2.45, 2.75) is 5.33 Å². The molecular weight excluding hydrogens is 300 g/mol. The Morgan fingerprint density at radius 2 is 2.18 bits per heavy atom. The van der Waals surface area contributed by atoms with E-state index in [4.69, 9.17) is 4.74 Å². The maximum atomic E-state index is 11.7. The van der Waals surface area contributed by atoms with Crippen molar-refractivity contribution < 1.29 is 9.53 Å². The lowest BCUT2D eigenvalue weighted by molar-refractivity contribution is 0.0600. The standard InChI is InChI=1S/C13H11BrO2S/c1-16-13(15)10-5-2-4-9(11(10)8-14)12-6-3-7-17-12/h2-7H,8H2,1H3. The number of carbonyl (C=O) groups excluding carboxylic acids is 1. The highest BCUT2D eigenvalue weighted by atomic mass is 79.9. The van der Waals surface area contributed by atoms with Crippen LogP contribution in [0, 0.1) is 0 Å². The fourth-order valence-corrected chi connectivity index (χ4v) is 3.08. The van der Waals surface area contributed by atoms with Crippen molar-refractivity contribution >= 4 is 33.2 Å². The molecule has 0 radical (unpaired) electrons. The molecule has 1 aromatic heterocycles. The maximum Gasteiger partial charge on any atom is 0.338 e. The summed E-state index contributed by atoms with van der Waals surface area (Å²) in [6.45, 7) is 0. The normalized spacial score (nSPS) is 10.2. The molecule has 0 bridgehead atoms. The van der Waals surface area contributed by atoms with Crippen LogP contribution in [-0.4, -0.2) is 13.1 Å². The molecule has 88 valence electrons. The van der Waals surface area contributed by atoms with E-state index in [-0.39, 0.29) is 5.97 Å². The Bertz CT molecular complexity index is 520. The molecule has 17 heavy (non-hydrogen) atoms. The van der Waals surface area contributed by atoms with Crippen LogP contribution in [-0.2, 0) is 10.1 Å². The van der Waals surface area contributed by atoms with Crippen molar-refractivity contribution in [3.05, 3.63) is 46.8 Å². The number of esters is 1. The van der Waals surface area contributed by atoms with Gasteiger partial charge >= 0.3 is 5.97 Å². The average Bonchev–Trinajstić information content (AvgIpc) is 2.90. The van der Waals surface area contributed by atoms with Gasteiger partial charge in [0.25, 0.3) is 0 Å². The fourth-order valence-electron chi connectivity index (χ4n) is 1.69. The van der Waals surface area contributed by atoms with E-state index in [2.05, 4.69) is 15.9 Å². The topological polar surface area (TPSA) is 26.3 Å². The Kier molecular flexibility index (Phi) is 3.97. The number of ether oxygens (including phenoxy) is 1. The molecule has 0 aliphatic carbocycles. The molecule has 4 heteroatoms. The lowest BCUT2D eigenvalue weighted by atomic mass is 10.0. The summed E-state index contributed by atoms with van der Waals surface area (Å²) in [5.41, 5.74) is 2.68. The van der Waals surface area contributed by atoms with Crippen LogP contribution in [0.25, 0.3) is 10.4 Å². The zero-order valence-corrected chi connectivity index (χ0v) is 11.7. The third kappa shape index (κ3) is 2.42. The molecule has 0 aliphatic heterocycles. The molecule has 0 saturated heterocycles. The molecule has 2 nitrogen and oxygen atoms in total. The monoisotopic (exact) mass is 310 g/mol. The van der Waals surface area contributed by atoms with Crippen molar-refractivity contribution in [2.75, 3.05) is 7.11 Å². The van der Waals surface area contributed by atoms with Gasteiger partial charge in [-0.2, -0.15) is 0 Å². The molecule has 0 aliphatic rings. The van der Waals surface area contributed by atoms with E-state index in [9.17, 15) is 4.79 Å². The second-order valence-electron chi connectivity index (χ2n) is 3.43. The molecule has 0 fully saturated rings. The average molecular weight is 311 g/mol. The number of alkyl halides is 1. The number of hydrogen-bond donors (Lipinski definition) is 0. The number of carbonyl (C=O) groups is 1. The summed E-state index contributed by atoms with van der Waals surface area (Å²) in [7, 11) is 1.40. The SMILES string of the molecule is COC(=O)c1cccc(-c2cccs2)c1CBr. The van der Waals surface area contributed by atoms with Gasteiger partial charge in [-0.05, 0) is 28.6 Å². The van der Waals surface area contributed by atoms with Crippen molar-refractivity contribution in [2.24, 2.45) is 0 Å². The second kappa shape index (κ2) is 5.47. The molecule has 0 saturated carbocycles. The van der Waals surface area contributed by atoms with Gasteiger partial charge in [0.05, 0.1) is 12.7 Å². The first-order chi connectivity index (χ1) is 8.27. The third-order valence-electron chi connectivity index (χ3n) is 2.50. The molecule has 0 amide bonds. The summed E-state index contributed by atoms with van der Waals surface area (Å²) in [5.74, 6) is -0.294. The van der Waals surface area contributed by atoms with Crippen LogP contribution in [0.15, 0.2) is 35.7 Å². The number of benzene rings is 1. The highest BCUT2D eigenvalue weighted by Crippen LogP contribution is 2.31. The van der Waals surface area contributed by atoms with Gasteiger partial charge in [0.2, 0.25) is 0 Å². The van der Waals surface area contributed by atoms with Crippen LogP contribution < -0.4 is 0 Å². The summed E-state index contributed by atoms with van der Waals surface area (Å²) < 4.78 is 4.79. The Labute approximate surface area is 112 Å². The van der Waals surface area contributed by atoms with Gasteiger partial charge in [-0.1, -0.05) is 34.1 Å². The molecule has 0 unspecified atom stereocenters. The lowest BCUT2D eigenvalue weighted by Crippen LogP contribution is -2.05. The Balaban J connectivity index is 2.58. The highest BCUT2D eigenvalue weighted by molar-refractivity contribution is 9.08.